The largest absolute Gasteiger partial charge is 0.847 e. The summed E-state index contributed by atoms with van der Waals surface area (Å²) in [7, 11) is 0. The van der Waals surface area contributed by atoms with Crippen molar-refractivity contribution in [1.29, 1.82) is 0 Å². The molecule has 0 aromatic rings. The third kappa shape index (κ3) is 1.42. The summed E-state index contributed by atoms with van der Waals surface area (Å²) in [5.74, 6) is -1.05. The topological polar surface area (TPSA) is 110 Å². The lowest BCUT2D eigenvalue weighted by molar-refractivity contribution is -0.443. The highest BCUT2D eigenvalue weighted by Crippen LogP contribution is 2.16. The zero-order chi connectivity index (χ0) is 9.30. The van der Waals surface area contributed by atoms with E-state index in [4.69, 9.17) is 15.3 Å². The van der Waals surface area contributed by atoms with Gasteiger partial charge in [-0.1, -0.05) is 0 Å². The Hall–Kier alpha value is -0.690. The van der Waals surface area contributed by atoms with Gasteiger partial charge in [0, 0.05) is 0 Å². The number of hydrogen-bond acceptors (Lipinski definition) is 6. The van der Waals surface area contributed by atoms with Crippen molar-refractivity contribution in [2.75, 3.05) is 6.61 Å². The summed E-state index contributed by atoms with van der Waals surface area (Å²) in [5.41, 5.74) is 0. The molecular weight excluding hydrogens is 168 g/mol. The summed E-state index contributed by atoms with van der Waals surface area (Å²) in [4.78, 5) is 10.6. The molecule has 4 unspecified atom stereocenters. The molecule has 0 saturated carbocycles. The highest BCUT2D eigenvalue weighted by atomic mass is 16.6. The van der Waals surface area contributed by atoms with E-state index in [1.807, 2.05) is 0 Å². The van der Waals surface area contributed by atoms with Crippen LogP contribution in [0.5, 0.6) is 0 Å². The standard InChI is InChI=1S/C6H9O6/c7-1-2(8)5-3(9)4(10)6(11)12-5/h2-5,7-8,10H,1H2/q-1. The number of ether oxygens (including phenoxy) is 1. The lowest BCUT2D eigenvalue weighted by atomic mass is 10.1. The van der Waals surface area contributed by atoms with Gasteiger partial charge in [0.15, 0.2) is 0 Å². The van der Waals surface area contributed by atoms with Crippen LogP contribution < -0.4 is 5.11 Å². The molecular formula is C6H9O6-. The summed E-state index contributed by atoms with van der Waals surface area (Å²) < 4.78 is 4.33. The first-order chi connectivity index (χ1) is 5.57. The van der Waals surface area contributed by atoms with Crippen LogP contribution in [0.15, 0.2) is 0 Å². The molecule has 4 atom stereocenters. The normalized spacial score (nSPS) is 38.0. The first-order valence-corrected chi connectivity index (χ1v) is 3.41. The van der Waals surface area contributed by atoms with Gasteiger partial charge in [-0.3, -0.25) is 0 Å². The van der Waals surface area contributed by atoms with Gasteiger partial charge in [0.2, 0.25) is 0 Å². The van der Waals surface area contributed by atoms with Gasteiger partial charge in [-0.15, -0.1) is 0 Å². The third-order valence-electron chi connectivity index (χ3n) is 1.70. The first-order valence-electron chi connectivity index (χ1n) is 3.41. The fourth-order valence-corrected chi connectivity index (χ4v) is 0.986. The Bertz CT molecular complexity index is 181. The van der Waals surface area contributed by atoms with Crippen LogP contribution in [0.2, 0.25) is 0 Å². The molecule has 1 saturated heterocycles. The summed E-state index contributed by atoms with van der Waals surface area (Å²) in [6.45, 7) is -0.677. The van der Waals surface area contributed by atoms with Crippen LogP contribution in [-0.2, 0) is 9.53 Å². The van der Waals surface area contributed by atoms with Crippen LogP contribution in [0.4, 0.5) is 0 Å². The van der Waals surface area contributed by atoms with Gasteiger partial charge in [-0.25, -0.2) is 4.79 Å². The Kier molecular flexibility index (Phi) is 2.63. The van der Waals surface area contributed by atoms with Crippen molar-refractivity contribution in [3.05, 3.63) is 0 Å². The molecule has 1 aliphatic rings. The highest BCUT2D eigenvalue weighted by molar-refractivity contribution is 5.77. The van der Waals surface area contributed by atoms with Crippen LogP contribution in [-0.4, -0.2) is 52.3 Å². The molecule has 70 valence electrons. The molecule has 1 fully saturated rings. The van der Waals surface area contributed by atoms with E-state index in [0.29, 0.717) is 0 Å². The molecule has 6 nitrogen and oxygen atoms in total. The summed E-state index contributed by atoms with van der Waals surface area (Å²) in [6.07, 6.45) is -6.23. The van der Waals surface area contributed by atoms with E-state index in [2.05, 4.69) is 4.74 Å². The monoisotopic (exact) mass is 177 g/mol. The fourth-order valence-electron chi connectivity index (χ4n) is 0.986. The van der Waals surface area contributed by atoms with Gasteiger partial charge >= 0.3 is 5.97 Å². The number of hydrogen-bond donors (Lipinski definition) is 3. The first kappa shape index (κ1) is 9.40. The molecule has 1 rings (SSSR count). The molecule has 0 aliphatic carbocycles. The molecule has 0 aromatic heterocycles. The van der Waals surface area contributed by atoms with Crippen LogP contribution in [0.3, 0.4) is 0 Å². The molecule has 12 heavy (non-hydrogen) atoms. The maximum absolute atomic E-state index is 10.9. The fraction of sp³-hybridized carbons (Fsp3) is 0.833. The number of esters is 1. The van der Waals surface area contributed by atoms with E-state index in [9.17, 15) is 9.90 Å². The number of carbonyl (C=O) groups is 1. The number of cyclic esters (lactones) is 1. The van der Waals surface area contributed by atoms with Crippen molar-refractivity contribution >= 4 is 5.97 Å². The van der Waals surface area contributed by atoms with E-state index >= 15 is 0 Å². The maximum atomic E-state index is 10.9. The molecule has 6 heteroatoms. The van der Waals surface area contributed by atoms with Crippen LogP contribution >= 0.6 is 0 Å². The Morgan fingerprint density at radius 3 is 2.58 bits per heavy atom. The zero-order valence-corrected chi connectivity index (χ0v) is 6.08. The Balaban J connectivity index is 2.64. The smallest absolute Gasteiger partial charge is 0.334 e. The van der Waals surface area contributed by atoms with Crippen molar-refractivity contribution in [3.8, 4) is 0 Å². The number of carbonyl (C=O) groups excluding carboxylic acids is 1. The predicted octanol–water partition coefficient (Wildman–Crippen LogP) is -3.65. The maximum Gasteiger partial charge on any atom is 0.334 e. The van der Waals surface area contributed by atoms with Crippen LogP contribution in [0.25, 0.3) is 0 Å². The Morgan fingerprint density at radius 2 is 2.25 bits per heavy atom. The van der Waals surface area contributed by atoms with Gasteiger partial charge < -0.3 is 25.2 Å². The van der Waals surface area contributed by atoms with E-state index in [-0.39, 0.29) is 0 Å². The zero-order valence-electron chi connectivity index (χ0n) is 6.08. The quantitative estimate of drug-likeness (QED) is 0.375. The molecule has 0 bridgehead atoms. The molecule has 0 radical (unpaired) electrons. The van der Waals surface area contributed by atoms with Gasteiger partial charge in [0.1, 0.15) is 18.3 Å². The number of aliphatic hydroxyl groups is 3. The second kappa shape index (κ2) is 3.36. The number of aliphatic hydroxyl groups excluding tert-OH is 3. The Morgan fingerprint density at radius 1 is 1.67 bits per heavy atom. The van der Waals surface area contributed by atoms with E-state index in [1.165, 1.54) is 0 Å². The molecule has 0 spiro atoms. The van der Waals surface area contributed by atoms with E-state index in [0.717, 1.165) is 0 Å². The van der Waals surface area contributed by atoms with Gasteiger partial charge in [-0.2, -0.15) is 0 Å². The average molecular weight is 177 g/mol. The average Bonchev–Trinajstić information content (AvgIpc) is 2.32. The second-order valence-corrected chi connectivity index (χ2v) is 2.56. The van der Waals surface area contributed by atoms with Gasteiger partial charge in [-0.05, 0) is 6.10 Å². The summed E-state index contributed by atoms with van der Waals surface area (Å²) in [6, 6.07) is 0. The van der Waals surface area contributed by atoms with Crippen molar-refractivity contribution in [2.24, 2.45) is 0 Å². The molecule has 1 aliphatic heterocycles. The second-order valence-electron chi connectivity index (χ2n) is 2.56. The minimum absolute atomic E-state index is 0.677. The van der Waals surface area contributed by atoms with Crippen LogP contribution in [0.1, 0.15) is 0 Å². The van der Waals surface area contributed by atoms with E-state index < -0.39 is 37.0 Å². The molecule has 0 aromatic carbocycles. The van der Waals surface area contributed by atoms with Gasteiger partial charge in [0.25, 0.3) is 0 Å². The predicted molar refractivity (Wildman–Crippen MR) is 32.8 cm³/mol. The minimum Gasteiger partial charge on any atom is -0.847 e. The van der Waals surface area contributed by atoms with Gasteiger partial charge in [0.05, 0.1) is 6.61 Å². The summed E-state index contributed by atoms with van der Waals surface area (Å²) >= 11 is 0. The molecule has 3 N–H and O–H groups in total. The molecule has 1 heterocycles. The van der Waals surface area contributed by atoms with Crippen LogP contribution in [0, 0.1) is 0 Å². The third-order valence-corrected chi connectivity index (χ3v) is 1.70. The minimum atomic E-state index is -1.74. The number of rotatable bonds is 2. The summed E-state index contributed by atoms with van der Waals surface area (Å²) in [5, 5.41) is 37.1. The van der Waals surface area contributed by atoms with E-state index in [1.54, 1.807) is 0 Å². The lowest BCUT2D eigenvalue weighted by Gasteiger charge is -2.26. The van der Waals surface area contributed by atoms with Crippen molar-refractivity contribution in [2.45, 2.75) is 24.4 Å². The lowest BCUT2D eigenvalue weighted by Crippen LogP contribution is -2.48. The van der Waals surface area contributed by atoms with Crippen molar-refractivity contribution in [1.82, 2.24) is 0 Å². The molecule has 0 amide bonds. The Labute approximate surface area is 68.0 Å². The van der Waals surface area contributed by atoms with Crippen molar-refractivity contribution in [3.63, 3.8) is 0 Å². The SMILES string of the molecule is O=C1OC(C(O)CO)C([O-])C1O. The highest BCUT2D eigenvalue weighted by Gasteiger charge is 2.39. The van der Waals surface area contributed by atoms with Crippen molar-refractivity contribution < 1.29 is 30.0 Å².